The van der Waals surface area contributed by atoms with Crippen molar-refractivity contribution in [1.82, 2.24) is 0 Å². The maximum Gasteiger partial charge on any atom is 0.426 e. The number of ether oxygens (including phenoxy) is 2. The van der Waals surface area contributed by atoms with Crippen LogP contribution in [0.4, 0.5) is 13.2 Å². The van der Waals surface area contributed by atoms with Crippen LogP contribution < -0.4 is 0 Å². The highest BCUT2D eigenvalue weighted by Crippen LogP contribution is 2.33. The lowest BCUT2D eigenvalue weighted by molar-refractivity contribution is -0.215. The number of carboxylic acid groups (broad SMARTS) is 1. The van der Waals surface area contributed by atoms with E-state index >= 15 is 0 Å². The number of benzene rings is 1. The minimum atomic E-state index is -5.26. The van der Waals surface area contributed by atoms with Crippen LogP contribution in [-0.4, -0.2) is 60.6 Å². The number of alkyl halides is 3. The minimum absolute atomic E-state index is 0.276. The number of carboxylic acids is 1. The predicted molar refractivity (Wildman–Crippen MR) is 132 cm³/mol. The lowest BCUT2D eigenvalue weighted by atomic mass is 10.1. The Morgan fingerprint density at radius 1 is 0.968 bits per heavy atom. The van der Waals surface area contributed by atoms with Crippen molar-refractivity contribution in [2.45, 2.75) is 18.7 Å². The number of aromatic carboxylic acids is 1. The van der Waals surface area contributed by atoms with E-state index in [2.05, 4.69) is 4.74 Å². The molecule has 1 atom stereocenters. The van der Waals surface area contributed by atoms with E-state index in [1.54, 1.807) is 45.2 Å². The van der Waals surface area contributed by atoms with Gasteiger partial charge in [-0.1, -0.05) is 0 Å². The molecule has 1 aromatic rings. The van der Waals surface area contributed by atoms with Gasteiger partial charge in [0.2, 0.25) is 6.10 Å². The van der Waals surface area contributed by atoms with Crippen LogP contribution in [0.5, 0.6) is 0 Å². The van der Waals surface area contributed by atoms with Crippen molar-refractivity contribution in [3.05, 3.63) is 25.4 Å². The maximum atomic E-state index is 12.8. The fourth-order valence-electron chi connectivity index (χ4n) is 1.93. The molecular formula is C14H9F3I4O9S. The van der Waals surface area contributed by atoms with Crippen LogP contribution in [0.15, 0.2) is 0 Å². The molecule has 17 heteroatoms. The normalized spacial score (nSPS) is 12.9. The van der Waals surface area contributed by atoms with Gasteiger partial charge >= 0.3 is 24.1 Å². The van der Waals surface area contributed by atoms with E-state index in [-0.39, 0.29) is 18.3 Å². The van der Waals surface area contributed by atoms with Gasteiger partial charge in [-0.05, 0) is 90.4 Å². The first-order chi connectivity index (χ1) is 14.0. The summed E-state index contributed by atoms with van der Waals surface area (Å²) in [5.74, 6) is -5.95. The lowest BCUT2D eigenvalue weighted by Gasteiger charge is -2.19. The predicted octanol–water partition coefficient (Wildman–Crippen LogP) is 3.71. The Bertz CT molecular complexity index is 1010. The molecule has 0 aromatic heterocycles. The van der Waals surface area contributed by atoms with Gasteiger partial charge in [-0.15, -0.1) is 0 Å². The molecule has 0 saturated carbocycles. The molecule has 1 rings (SSSR count). The third kappa shape index (κ3) is 8.51. The molecule has 0 aliphatic carbocycles. The summed E-state index contributed by atoms with van der Waals surface area (Å²) in [5.41, 5.74) is -0.608. The molecule has 31 heavy (non-hydrogen) atoms. The second-order valence-corrected chi connectivity index (χ2v) is 11.3. The van der Waals surface area contributed by atoms with Crippen molar-refractivity contribution in [2.24, 2.45) is 0 Å². The summed E-state index contributed by atoms with van der Waals surface area (Å²) in [4.78, 5) is 35.6. The summed E-state index contributed by atoms with van der Waals surface area (Å²) >= 11 is 7.30. The van der Waals surface area contributed by atoms with Crippen LogP contribution >= 0.6 is 90.4 Å². The molecule has 0 aliphatic rings. The summed E-state index contributed by atoms with van der Waals surface area (Å²) in [7, 11) is -5.09. The monoisotopic (exact) mass is 918 g/mol. The maximum absolute atomic E-state index is 12.8. The molecule has 9 nitrogen and oxygen atoms in total. The third-order valence-corrected chi connectivity index (χ3v) is 11.4. The van der Waals surface area contributed by atoms with Crippen LogP contribution in [0, 0.1) is 14.3 Å². The van der Waals surface area contributed by atoms with E-state index in [1.807, 2.05) is 45.2 Å². The van der Waals surface area contributed by atoms with E-state index in [9.17, 15) is 41.1 Å². The molecule has 2 N–H and O–H groups in total. The van der Waals surface area contributed by atoms with Gasteiger partial charge < -0.3 is 14.6 Å². The SMILES string of the molecule is O=C(CCOC(=O)c1c(I)c(I)c(I)c(I)c1C(=O)O)OC(CS(=O)(=O)O)C(F)(F)F. The summed E-state index contributed by atoms with van der Waals surface area (Å²) in [6.07, 6.45) is -9.24. The first-order valence-electron chi connectivity index (χ1n) is 7.45. The average molecular weight is 918 g/mol. The zero-order valence-corrected chi connectivity index (χ0v) is 24.0. The molecule has 0 spiro atoms. The van der Waals surface area contributed by atoms with Crippen molar-refractivity contribution in [2.75, 3.05) is 12.4 Å². The van der Waals surface area contributed by atoms with Crippen molar-refractivity contribution < 1.29 is 55.1 Å². The fraction of sp³-hybridized carbons (Fsp3) is 0.357. The molecule has 0 saturated heterocycles. The van der Waals surface area contributed by atoms with Crippen molar-refractivity contribution in [3.63, 3.8) is 0 Å². The molecule has 0 aliphatic heterocycles. The van der Waals surface area contributed by atoms with Crippen LogP contribution in [-0.2, 0) is 24.4 Å². The van der Waals surface area contributed by atoms with E-state index < -0.39 is 59.1 Å². The lowest BCUT2D eigenvalue weighted by Crippen LogP contribution is -2.39. The van der Waals surface area contributed by atoms with Crippen LogP contribution in [0.25, 0.3) is 0 Å². The highest BCUT2D eigenvalue weighted by atomic mass is 127. The van der Waals surface area contributed by atoms with Gasteiger partial charge in [0.1, 0.15) is 12.4 Å². The molecule has 0 radical (unpaired) electrons. The fourth-order valence-corrected chi connectivity index (χ4v) is 6.21. The highest BCUT2D eigenvalue weighted by Gasteiger charge is 2.45. The van der Waals surface area contributed by atoms with Crippen molar-refractivity contribution in [1.29, 1.82) is 0 Å². The quantitative estimate of drug-likeness (QED) is 0.131. The first-order valence-corrected chi connectivity index (χ1v) is 13.4. The average Bonchev–Trinajstić information content (AvgIpc) is 2.59. The van der Waals surface area contributed by atoms with E-state index in [4.69, 9.17) is 9.29 Å². The van der Waals surface area contributed by atoms with Crippen molar-refractivity contribution >= 4 is 118 Å². The number of halogens is 7. The Kier molecular flexibility index (Phi) is 10.9. The Morgan fingerprint density at radius 2 is 1.45 bits per heavy atom. The Morgan fingerprint density at radius 3 is 1.87 bits per heavy atom. The zero-order valence-electron chi connectivity index (χ0n) is 14.5. The van der Waals surface area contributed by atoms with Gasteiger partial charge in [0.05, 0.1) is 17.5 Å². The number of rotatable bonds is 8. The molecular weight excluding hydrogens is 909 g/mol. The zero-order chi connectivity index (χ0) is 24.3. The van der Waals surface area contributed by atoms with Gasteiger partial charge in [-0.2, -0.15) is 21.6 Å². The highest BCUT2D eigenvalue weighted by molar-refractivity contribution is 14.1. The molecule has 0 heterocycles. The smallest absolute Gasteiger partial charge is 0.426 e. The van der Waals surface area contributed by atoms with Gasteiger partial charge in [-0.25, -0.2) is 9.59 Å². The van der Waals surface area contributed by atoms with Gasteiger partial charge in [-0.3, -0.25) is 9.35 Å². The third-order valence-electron chi connectivity index (χ3n) is 3.23. The number of hydrogen-bond acceptors (Lipinski definition) is 7. The topological polar surface area (TPSA) is 144 Å². The summed E-state index contributed by atoms with van der Waals surface area (Å²) in [6, 6.07) is 0. The number of carbonyl (C=O) groups is 3. The molecule has 1 aromatic carbocycles. The van der Waals surface area contributed by atoms with Crippen LogP contribution in [0.1, 0.15) is 27.1 Å². The Labute approximate surface area is 227 Å². The largest absolute Gasteiger partial charge is 0.478 e. The Balaban J connectivity index is 2.93. The Hall–Kier alpha value is 0.250. The van der Waals surface area contributed by atoms with E-state index in [1.165, 1.54) is 0 Å². The molecule has 0 amide bonds. The van der Waals surface area contributed by atoms with Crippen LogP contribution in [0.3, 0.4) is 0 Å². The molecule has 174 valence electrons. The molecule has 0 bridgehead atoms. The van der Waals surface area contributed by atoms with Crippen LogP contribution in [0.2, 0.25) is 0 Å². The van der Waals surface area contributed by atoms with E-state index in [0.29, 0.717) is 7.14 Å². The van der Waals surface area contributed by atoms with Gasteiger partial charge in [0, 0.05) is 14.3 Å². The number of esters is 2. The summed E-state index contributed by atoms with van der Waals surface area (Å²) in [6.45, 7) is -0.762. The second kappa shape index (κ2) is 11.6. The molecule has 1 unspecified atom stereocenters. The second-order valence-electron chi connectivity index (χ2n) is 5.47. The standard InChI is InChI=1S/C14H9F3I4O9S/c15-14(16,17)4(3-31(26,27)28)30-5(22)1-2-29-13(25)7-6(12(23)24)8(18)10(20)11(21)9(7)19/h4H,1-3H2,(H,23,24)(H,26,27,28). The van der Waals surface area contributed by atoms with E-state index in [0.717, 1.165) is 0 Å². The minimum Gasteiger partial charge on any atom is -0.478 e. The van der Waals surface area contributed by atoms with Gasteiger partial charge in [0.25, 0.3) is 10.1 Å². The molecule has 0 fully saturated rings. The summed E-state index contributed by atoms with van der Waals surface area (Å²) < 4.78 is 78.8. The number of hydrogen-bond donors (Lipinski definition) is 2. The van der Waals surface area contributed by atoms with Crippen molar-refractivity contribution in [3.8, 4) is 0 Å². The first kappa shape index (κ1) is 29.3. The number of carbonyl (C=O) groups excluding carboxylic acids is 2. The summed E-state index contributed by atoms with van der Waals surface area (Å²) in [5, 5.41) is 9.45. The van der Waals surface area contributed by atoms with Gasteiger partial charge in [0.15, 0.2) is 0 Å².